The van der Waals surface area contributed by atoms with E-state index in [0.717, 1.165) is 22.2 Å². The van der Waals surface area contributed by atoms with Crippen LogP contribution in [0.15, 0.2) is 10.5 Å². The van der Waals surface area contributed by atoms with Crippen LogP contribution >= 0.6 is 15.9 Å². The van der Waals surface area contributed by atoms with Crippen LogP contribution in [-0.2, 0) is 11.1 Å². The quantitative estimate of drug-likeness (QED) is 0.868. The van der Waals surface area contributed by atoms with Gasteiger partial charge in [0.25, 0.3) is 0 Å². The maximum Gasteiger partial charge on any atom is 0.231 e. The van der Waals surface area contributed by atoms with Gasteiger partial charge in [0, 0.05) is 9.89 Å². The fourth-order valence-corrected chi connectivity index (χ4v) is 1.75. The van der Waals surface area contributed by atoms with Crippen molar-refractivity contribution in [1.82, 2.24) is 4.98 Å². The molecule has 1 amide bonds. The molecule has 0 atom stereocenters. The van der Waals surface area contributed by atoms with Crippen molar-refractivity contribution in [3.63, 3.8) is 0 Å². The molecule has 0 aliphatic carbocycles. The first-order chi connectivity index (χ1) is 8.31. The largest absolute Gasteiger partial charge is 0.310 e. The molecule has 96 valence electrons. The molecule has 5 heteroatoms. The molecule has 0 fully saturated rings. The van der Waals surface area contributed by atoms with Gasteiger partial charge in [-0.1, -0.05) is 27.1 Å². The van der Waals surface area contributed by atoms with Crippen LogP contribution in [0.25, 0.3) is 0 Å². The zero-order valence-electron chi connectivity index (χ0n) is 11.3. The van der Waals surface area contributed by atoms with Crippen LogP contribution in [0.3, 0.4) is 0 Å². The molecule has 1 heterocycles. The number of carbonyl (C=O) groups excluding carboxylic acids is 1. The number of pyridine rings is 1. The zero-order valence-corrected chi connectivity index (χ0v) is 12.9. The Morgan fingerprint density at radius 1 is 1.56 bits per heavy atom. The third kappa shape index (κ3) is 3.34. The Hall–Kier alpha value is -0.835. The minimum atomic E-state index is -0.397. The number of nitrogens with one attached hydrogen (secondary N) is 1. The topological polar surface area (TPSA) is 42.0 Å². The van der Waals surface area contributed by atoms with Gasteiger partial charge in [-0.05, 0) is 40.9 Å². The fourth-order valence-electron chi connectivity index (χ4n) is 1.38. The molecular weight excluding hydrogens is 291 g/mol. The summed E-state index contributed by atoms with van der Waals surface area (Å²) in [5.41, 5.74) is 1.36. The molecule has 0 aliphatic rings. The molecule has 1 aromatic heterocycles. The van der Waals surface area contributed by atoms with Gasteiger partial charge in [-0.15, -0.1) is 0 Å². The predicted molar refractivity (Wildman–Crippen MR) is 78.8 cm³/mol. The van der Waals surface area contributed by atoms with E-state index in [9.17, 15) is 4.79 Å². The highest BCUT2D eigenvalue weighted by molar-refractivity contribution is 9.10. The molecular formula is C13H18BBrN2O. The Morgan fingerprint density at radius 3 is 2.67 bits per heavy atom. The molecule has 1 rings (SSSR count). The average molecular weight is 309 g/mol. The minimum Gasteiger partial charge on any atom is -0.310 e. The van der Waals surface area contributed by atoms with Crippen molar-refractivity contribution in [2.24, 2.45) is 5.41 Å². The summed E-state index contributed by atoms with van der Waals surface area (Å²) in [6, 6.07) is 1.81. The van der Waals surface area contributed by atoms with E-state index < -0.39 is 5.41 Å². The molecule has 0 saturated heterocycles. The SMILES string of the molecule is [B]Cc1cc(NC(=O)C(C)(C)CC)nc(C)c1Br. The molecule has 0 bridgehead atoms. The van der Waals surface area contributed by atoms with Gasteiger partial charge in [0.15, 0.2) is 0 Å². The Balaban J connectivity index is 2.99. The fraction of sp³-hybridized carbons (Fsp3) is 0.538. The standard InChI is InChI=1S/C13H18BBrN2O/c1-5-13(3,4)12(18)17-10-6-9(7-14)11(15)8(2)16-10/h6H,5,7H2,1-4H3,(H,16,17,18). The van der Waals surface area contributed by atoms with E-state index >= 15 is 0 Å². The summed E-state index contributed by atoms with van der Waals surface area (Å²) in [5, 5.41) is 2.85. The summed E-state index contributed by atoms with van der Waals surface area (Å²) in [6.07, 6.45) is 1.18. The van der Waals surface area contributed by atoms with Crippen LogP contribution in [0.4, 0.5) is 5.82 Å². The molecule has 0 spiro atoms. The lowest BCUT2D eigenvalue weighted by Crippen LogP contribution is -2.30. The van der Waals surface area contributed by atoms with Gasteiger partial charge in [-0.3, -0.25) is 4.79 Å². The monoisotopic (exact) mass is 308 g/mol. The number of aromatic nitrogens is 1. The molecule has 3 nitrogen and oxygen atoms in total. The summed E-state index contributed by atoms with van der Waals surface area (Å²) >= 11 is 3.44. The van der Waals surface area contributed by atoms with E-state index in [2.05, 4.69) is 26.2 Å². The number of aryl methyl sites for hydroxylation is 1. The molecule has 1 aromatic rings. The highest BCUT2D eigenvalue weighted by Gasteiger charge is 2.25. The lowest BCUT2D eigenvalue weighted by Gasteiger charge is -2.21. The van der Waals surface area contributed by atoms with Crippen molar-refractivity contribution in [3.05, 3.63) is 21.8 Å². The van der Waals surface area contributed by atoms with Crippen LogP contribution in [0.1, 0.15) is 38.4 Å². The van der Waals surface area contributed by atoms with Gasteiger partial charge in [0.1, 0.15) is 5.82 Å². The second kappa shape index (κ2) is 5.87. The van der Waals surface area contributed by atoms with E-state index in [1.807, 2.05) is 27.7 Å². The minimum absolute atomic E-state index is 0.0257. The summed E-state index contributed by atoms with van der Waals surface area (Å²) in [6.45, 7) is 7.70. The van der Waals surface area contributed by atoms with Gasteiger partial charge >= 0.3 is 0 Å². The van der Waals surface area contributed by atoms with Gasteiger partial charge < -0.3 is 5.32 Å². The van der Waals surface area contributed by atoms with Crippen molar-refractivity contribution >= 4 is 35.5 Å². The Bertz CT molecular complexity index is 461. The van der Waals surface area contributed by atoms with Crippen molar-refractivity contribution < 1.29 is 4.79 Å². The van der Waals surface area contributed by atoms with Gasteiger partial charge in [0.05, 0.1) is 13.5 Å². The van der Waals surface area contributed by atoms with Crippen LogP contribution in [-0.4, -0.2) is 18.7 Å². The Kier molecular flexibility index (Phi) is 4.96. The van der Waals surface area contributed by atoms with Gasteiger partial charge in [-0.25, -0.2) is 4.98 Å². The maximum absolute atomic E-state index is 12.1. The van der Waals surface area contributed by atoms with E-state index in [1.54, 1.807) is 6.07 Å². The first kappa shape index (κ1) is 15.2. The first-order valence-corrected chi connectivity index (χ1v) is 6.78. The third-order valence-electron chi connectivity index (χ3n) is 3.16. The number of nitrogens with zero attached hydrogens (tertiary/aromatic N) is 1. The number of hydrogen-bond acceptors (Lipinski definition) is 2. The molecule has 0 aromatic carbocycles. The zero-order chi connectivity index (χ0) is 13.9. The molecule has 2 radical (unpaired) electrons. The third-order valence-corrected chi connectivity index (χ3v) is 4.24. The highest BCUT2D eigenvalue weighted by atomic mass is 79.9. The molecule has 0 aliphatic heterocycles. The van der Waals surface area contributed by atoms with Gasteiger partial charge in [0.2, 0.25) is 5.91 Å². The lowest BCUT2D eigenvalue weighted by atomic mass is 9.89. The maximum atomic E-state index is 12.1. The Morgan fingerprint density at radius 2 is 2.17 bits per heavy atom. The number of halogens is 1. The molecule has 0 saturated carbocycles. The second-order valence-corrected chi connectivity index (χ2v) is 5.75. The molecule has 1 N–H and O–H groups in total. The molecule has 0 unspecified atom stereocenters. The van der Waals surface area contributed by atoms with E-state index in [1.165, 1.54) is 0 Å². The number of carbonyl (C=O) groups is 1. The van der Waals surface area contributed by atoms with Crippen LogP contribution in [0.2, 0.25) is 0 Å². The average Bonchev–Trinajstić information content (AvgIpc) is 2.33. The van der Waals surface area contributed by atoms with E-state index in [-0.39, 0.29) is 5.91 Å². The van der Waals surface area contributed by atoms with Crippen molar-refractivity contribution in [3.8, 4) is 0 Å². The normalized spacial score (nSPS) is 11.4. The second-order valence-electron chi connectivity index (χ2n) is 4.96. The highest BCUT2D eigenvalue weighted by Crippen LogP contribution is 2.25. The number of hydrogen-bond donors (Lipinski definition) is 1. The smallest absolute Gasteiger partial charge is 0.231 e. The molecule has 18 heavy (non-hydrogen) atoms. The summed E-state index contributed by atoms with van der Waals surface area (Å²) in [4.78, 5) is 16.4. The number of amides is 1. The van der Waals surface area contributed by atoms with Gasteiger partial charge in [-0.2, -0.15) is 0 Å². The summed E-state index contributed by atoms with van der Waals surface area (Å²) in [5.74, 6) is 0.532. The van der Waals surface area contributed by atoms with Crippen LogP contribution in [0, 0.1) is 12.3 Å². The Labute approximate surface area is 118 Å². The van der Waals surface area contributed by atoms with Crippen molar-refractivity contribution in [2.45, 2.75) is 40.4 Å². The predicted octanol–water partition coefficient (Wildman–Crippen LogP) is 3.20. The number of rotatable bonds is 4. The van der Waals surface area contributed by atoms with E-state index in [4.69, 9.17) is 7.85 Å². The summed E-state index contributed by atoms with van der Waals surface area (Å²) < 4.78 is 0.901. The van der Waals surface area contributed by atoms with Crippen LogP contribution < -0.4 is 5.32 Å². The lowest BCUT2D eigenvalue weighted by molar-refractivity contribution is -0.124. The first-order valence-electron chi connectivity index (χ1n) is 5.99. The summed E-state index contributed by atoms with van der Waals surface area (Å²) in [7, 11) is 5.66. The van der Waals surface area contributed by atoms with E-state index in [0.29, 0.717) is 12.1 Å². The number of anilines is 1. The van der Waals surface area contributed by atoms with Crippen molar-refractivity contribution in [2.75, 3.05) is 5.32 Å². The van der Waals surface area contributed by atoms with Crippen molar-refractivity contribution in [1.29, 1.82) is 0 Å². The van der Waals surface area contributed by atoms with Crippen LogP contribution in [0.5, 0.6) is 0 Å².